The third kappa shape index (κ3) is 3.40. The lowest BCUT2D eigenvalue weighted by atomic mass is 10.0. The maximum Gasteiger partial charge on any atom is 0.169 e. The zero-order chi connectivity index (χ0) is 18.0. The van der Waals surface area contributed by atoms with E-state index in [1.165, 1.54) is 0 Å². The number of phenols is 1. The Morgan fingerprint density at radius 1 is 1.32 bits per heavy atom. The molecule has 0 amide bonds. The fourth-order valence-corrected chi connectivity index (χ4v) is 3.12. The minimum absolute atomic E-state index is 0.0830. The highest BCUT2D eigenvalue weighted by Crippen LogP contribution is 2.33. The monoisotopic (exact) mass is 340 g/mol. The molecule has 0 spiro atoms. The van der Waals surface area contributed by atoms with Crippen LogP contribution in [0.15, 0.2) is 18.2 Å². The lowest BCUT2D eigenvalue weighted by Crippen LogP contribution is -2.44. The Bertz CT molecular complexity index is 809. The quantitative estimate of drug-likeness (QED) is 0.873. The lowest BCUT2D eigenvalue weighted by Gasteiger charge is -2.32. The number of anilines is 1. The summed E-state index contributed by atoms with van der Waals surface area (Å²) in [7, 11) is 0. The number of nitriles is 1. The molecule has 0 radical (unpaired) electrons. The minimum atomic E-state index is -0.301. The van der Waals surface area contributed by atoms with Gasteiger partial charge in [0.1, 0.15) is 11.8 Å². The fourth-order valence-electron chi connectivity index (χ4n) is 3.12. The van der Waals surface area contributed by atoms with Crippen LogP contribution in [0, 0.1) is 25.2 Å². The second-order valence-corrected chi connectivity index (χ2v) is 6.18. The molecule has 1 aromatic heterocycles. The van der Waals surface area contributed by atoms with E-state index in [1.807, 2.05) is 24.8 Å². The van der Waals surface area contributed by atoms with Gasteiger partial charge in [-0.15, -0.1) is 10.2 Å². The number of hydrogen-bond donors (Lipinski definition) is 2. The number of hydrogen-bond acceptors (Lipinski definition) is 7. The van der Waals surface area contributed by atoms with Gasteiger partial charge in [-0.25, -0.2) is 0 Å². The number of nitrogens with zero attached hydrogens (tertiary/aromatic N) is 4. The van der Waals surface area contributed by atoms with Gasteiger partial charge in [-0.2, -0.15) is 5.26 Å². The smallest absolute Gasteiger partial charge is 0.169 e. The van der Waals surface area contributed by atoms with Gasteiger partial charge in [0.15, 0.2) is 5.82 Å². The van der Waals surface area contributed by atoms with Gasteiger partial charge < -0.3 is 19.8 Å². The van der Waals surface area contributed by atoms with E-state index in [2.05, 4.69) is 16.3 Å². The van der Waals surface area contributed by atoms with Gasteiger partial charge >= 0.3 is 0 Å². The van der Waals surface area contributed by atoms with Gasteiger partial charge in [0.2, 0.25) is 0 Å². The second-order valence-electron chi connectivity index (χ2n) is 6.18. The van der Waals surface area contributed by atoms with Gasteiger partial charge in [0.25, 0.3) is 0 Å². The SMILES string of the molecule is Cc1cc(C)c(-c2cc(C#N)c(N3CCO[C@H](CO)C3)nn2)c(O)c1. The van der Waals surface area contributed by atoms with Crippen LogP contribution in [0.1, 0.15) is 16.7 Å². The van der Waals surface area contributed by atoms with E-state index in [0.29, 0.717) is 42.3 Å². The molecule has 7 nitrogen and oxygen atoms in total. The molecule has 2 N–H and O–H groups in total. The van der Waals surface area contributed by atoms with E-state index < -0.39 is 0 Å². The van der Waals surface area contributed by atoms with Gasteiger partial charge in [0.05, 0.1) is 30.6 Å². The van der Waals surface area contributed by atoms with Crippen molar-refractivity contribution >= 4 is 5.82 Å². The summed E-state index contributed by atoms with van der Waals surface area (Å²) >= 11 is 0. The van der Waals surface area contributed by atoms with Crippen molar-refractivity contribution in [3.63, 3.8) is 0 Å². The molecule has 0 bridgehead atoms. The van der Waals surface area contributed by atoms with Crippen LogP contribution >= 0.6 is 0 Å². The molecule has 1 aliphatic heterocycles. The highest BCUT2D eigenvalue weighted by molar-refractivity contribution is 5.73. The number of phenolic OH excluding ortho intramolecular Hbond substituents is 1. The van der Waals surface area contributed by atoms with Gasteiger partial charge in [-0.05, 0) is 37.1 Å². The molecule has 1 saturated heterocycles. The second kappa shape index (κ2) is 7.05. The van der Waals surface area contributed by atoms with Crippen molar-refractivity contribution in [2.45, 2.75) is 20.0 Å². The molecular weight excluding hydrogens is 320 g/mol. The Morgan fingerprint density at radius 3 is 2.80 bits per heavy atom. The number of aryl methyl sites for hydroxylation is 2. The van der Waals surface area contributed by atoms with Gasteiger partial charge in [-0.3, -0.25) is 0 Å². The molecule has 25 heavy (non-hydrogen) atoms. The van der Waals surface area contributed by atoms with Crippen LogP contribution in [0.4, 0.5) is 5.82 Å². The van der Waals surface area contributed by atoms with Crippen LogP contribution < -0.4 is 4.90 Å². The Kier molecular flexibility index (Phi) is 4.83. The van der Waals surface area contributed by atoms with Crippen molar-refractivity contribution in [1.82, 2.24) is 10.2 Å². The van der Waals surface area contributed by atoms with Crippen LogP contribution in [0.2, 0.25) is 0 Å². The molecule has 7 heteroatoms. The summed E-state index contributed by atoms with van der Waals surface area (Å²) in [4.78, 5) is 1.89. The van der Waals surface area contributed by atoms with Gasteiger partial charge in [0, 0.05) is 18.7 Å². The van der Waals surface area contributed by atoms with Crippen molar-refractivity contribution in [3.05, 3.63) is 34.9 Å². The summed E-state index contributed by atoms with van der Waals surface area (Å²) in [6.45, 7) is 5.19. The summed E-state index contributed by atoms with van der Waals surface area (Å²) < 4.78 is 5.43. The molecule has 1 aliphatic rings. The Balaban J connectivity index is 2.00. The highest BCUT2D eigenvalue weighted by Gasteiger charge is 2.24. The maximum atomic E-state index is 10.3. The predicted molar refractivity (Wildman–Crippen MR) is 92.4 cm³/mol. The molecule has 3 rings (SSSR count). The largest absolute Gasteiger partial charge is 0.507 e. The Morgan fingerprint density at radius 2 is 2.12 bits per heavy atom. The number of ether oxygens (including phenoxy) is 1. The number of benzene rings is 1. The molecule has 0 saturated carbocycles. The van der Waals surface area contributed by atoms with Gasteiger partial charge in [-0.1, -0.05) is 6.07 Å². The summed E-state index contributed by atoms with van der Waals surface area (Å²) in [5.74, 6) is 0.590. The normalized spacial score (nSPS) is 17.4. The number of rotatable bonds is 3. The number of aliphatic hydroxyl groups excluding tert-OH is 1. The Hall–Kier alpha value is -2.69. The molecule has 0 unspecified atom stereocenters. The number of morpholine rings is 1. The van der Waals surface area contributed by atoms with E-state index in [9.17, 15) is 15.5 Å². The molecular formula is C18H20N4O3. The highest BCUT2D eigenvalue weighted by atomic mass is 16.5. The van der Waals surface area contributed by atoms with Crippen molar-refractivity contribution < 1.29 is 14.9 Å². The maximum absolute atomic E-state index is 10.3. The zero-order valence-corrected chi connectivity index (χ0v) is 14.2. The van der Waals surface area contributed by atoms with Crippen molar-refractivity contribution in [1.29, 1.82) is 5.26 Å². The van der Waals surface area contributed by atoms with E-state index >= 15 is 0 Å². The summed E-state index contributed by atoms with van der Waals surface area (Å²) in [6.07, 6.45) is -0.301. The predicted octanol–water partition coefficient (Wildman–Crippen LogP) is 1.54. The van der Waals surface area contributed by atoms with Crippen LogP contribution in [-0.2, 0) is 4.74 Å². The van der Waals surface area contributed by atoms with Crippen LogP contribution in [-0.4, -0.2) is 52.8 Å². The van der Waals surface area contributed by atoms with Crippen LogP contribution in [0.25, 0.3) is 11.3 Å². The average molecular weight is 340 g/mol. The topological polar surface area (TPSA) is 103 Å². The first-order chi connectivity index (χ1) is 12.0. The van der Waals surface area contributed by atoms with Crippen LogP contribution in [0.3, 0.4) is 0 Å². The van der Waals surface area contributed by atoms with E-state index in [1.54, 1.807) is 12.1 Å². The zero-order valence-electron chi connectivity index (χ0n) is 14.2. The average Bonchev–Trinajstić information content (AvgIpc) is 2.60. The van der Waals surface area contributed by atoms with Crippen molar-refractivity contribution in [2.75, 3.05) is 31.2 Å². The van der Waals surface area contributed by atoms with E-state index in [-0.39, 0.29) is 18.5 Å². The fraction of sp³-hybridized carbons (Fsp3) is 0.389. The molecule has 1 aromatic carbocycles. The van der Waals surface area contributed by atoms with E-state index in [4.69, 9.17) is 4.74 Å². The minimum Gasteiger partial charge on any atom is -0.507 e. The van der Waals surface area contributed by atoms with Crippen molar-refractivity contribution in [2.24, 2.45) is 0 Å². The first kappa shape index (κ1) is 17.1. The molecule has 130 valence electrons. The number of aromatic hydroxyl groups is 1. The standard InChI is InChI=1S/C18H20N4O3/c1-11-5-12(2)17(16(24)6-11)15-7-13(8-19)18(21-20-15)22-3-4-25-14(9-22)10-23/h5-7,14,23-24H,3-4,9-10H2,1-2H3/t14-/m0/s1. The third-order valence-electron chi connectivity index (χ3n) is 4.25. The summed E-state index contributed by atoms with van der Waals surface area (Å²) in [6, 6.07) is 7.41. The molecule has 2 heterocycles. The molecule has 2 aromatic rings. The molecule has 1 fully saturated rings. The summed E-state index contributed by atoms with van der Waals surface area (Å²) in [5, 5.41) is 37.5. The third-order valence-corrected chi connectivity index (χ3v) is 4.25. The van der Waals surface area contributed by atoms with E-state index in [0.717, 1.165) is 11.1 Å². The van der Waals surface area contributed by atoms with Crippen LogP contribution in [0.5, 0.6) is 5.75 Å². The molecule has 1 atom stereocenters. The number of aromatic nitrogens is 2. The van der Waals surface area contributed by atoms with Crippen molar-refractivity contribution in [3.8, 4) is 23.1 Å². The first-order valence-corrected chi connectivity index (χ1v) is 8.09. The lowest BCUT2D eigenvalue weighted by molar-refractivity contribution is 0.00331. The summed E-state index contributed by atoms with van der Waals surface area (Å²) in [5.41, 5.74) is 3.24. The first-order valence-electron chi connectivity index (χ1n) is 8.09. The Labute approximate surface area is 146 Å². The molecule has 0 aliphatic carbocycles. The number of aliphatic hydroxyl groups is 1.